The van der Waals surface area contributed by atoms with Crippen LogP contribution in [0.2, 0.25) is 0 Å². The molecule has 2 aromatic rings. The first-order valence-corrected chi connectivity index (χ1v) is 11.3. The van der Waals surface area contributed by atoms with Crippen LogP contribution in [0.5, 0.6) is 5.75 Å². The van der Waals surface area contributed by atoms with Gasteiger partial charge in [0.05, 0.1) is 0 Å². The lowest BCUT2D eigenvalue weighted by atomic mass is 9.98. The van der Waals surface area contributed by atoms with Gasteiger partial charge in [0.2, 0.25) is 0 Å². The summed E-state index contributed by atoms with van der Waals surface area (Å²) in [5.74, 6) is 7.28. The molecular weight excluding hydrogens is 376 g/mol. The Morgan fingerprint density at radius 3 is 2.76 bits per heavy atom. The number of benzene rings is 1. The maximum Gasteiger partial charge on any atom is 0.119 e. The third-order valence-corrected chi connectivity index (χ3v) is 4.98. The number of hydrogen-bond acceptors (Lipinski definition) is 4. The Kier molecular flexibility index (Phi) is 10.0. The molecule has 0 aliphatic carbocycles. The standard InChI is InChI=1S/C25H34N2OS/c1-5-27(16-8-6-7-13-25(2,3)4)17-14-26-15-18-28-24-11-9-10-22(20-24)23-12-19-29-21-23/h6,8-12,19-21,26H,5,14-18H2,1-4H3/b8-6+. The maximum atomic E-state index is 5.90. The topological polar surface area (TPSA) is 24.5 Å². The normalized spacial score (nSPS) is 11.6. The lowest BCUT2D eigenvalue weighted by Gasteiger charge is -2.18. The molecule has 4 heteroatoms. The number of nitrogens with zero attached hydrogens (tertiary/aromatic N) is 1. The Morgan fingerprint density at radius 2 is 2.03 bits per heavy atom. The van der Waals surface area contributed by atoms with Crippen molar-refractivity contribution >= 4 is 11.3 Å². The minimum Gasteiger partial charge on any atom is -0.492 e. The molecule has 0 amide bonds. The van der Waals surface area contributed by atoms with E-state index in [1.807, 2.05) is 18.2 Å². The molecule has 1 aromatic heterocycles. The number of ether oxygens (including phenoxy) is 1. The SMILES string of the molecule is CCN(C/C=C/C#CC(C)(C)C)CCNCCOc1cccc(-c2ccsc2)c1. The molecule has 0 unspecified atom stereocenters. The summed E-state index contributed by atoms with van der Waals surface area (Å²) in [5.41, 5.74) is 2.51. The average Bonchev–Trinajstić information content (AvgIpc) is 3.23. The van der Waals surface area contributed by atoms with Crippen molar-refractivity contribution in [3.63, 3.8) is 0 Å². The highest BCUT2D eigenvalue weighted by Gasteiger charge is 2.03. The maximum absolute atomic E-state index is 5.90. The molecule has 156 valence electrons. The number of thiophene rings is 1. The van der Waals surface area contributed by atoms with Gasteiger partial charge in [-0.2, -0.15) is 11.3 Å². The number of hydrogen-bond donors (Lipinski definition) is 1. The first-order valence-electron chi connectivity index (χ1n) is 10.3. The van der Waals surface area contributed by atoms with E-state index in [2.05, 4.69) is 84.8 Å². The molecule has 0 aliphatic rings. The third-order valence-electron chi connectivity index (χ3n) is 4.30. The van der Waals surface area contributed by atoms with Gasteiger partial charge in [-0.15, -0.1) is 0 Å². The van der Waals surface area contributed by atoms with Crippen LogP contribution in [0.1, 0.15) is 27.7 Å². The molecule has 0 atom stereocenters. The van der Waals surface area contributed by atoms with Gasteiger partial charge in [0, 0.05) is 31.6 Å². The fraction of sp³-hybridized carbons (Fsp3) is 0.440. The fourth-order valence-electron chi connectivity index (χ4n) is 2.69. The predicted molar refractivity (Wildman–Crippen MR) is 127 cm³/mol. The third kappa shape index (κ3) is 9.80. The molecule has 29 heavy (non-hydrogen) atoms. The summed E-state index contributed by atoms with van der Waals surface area (Å²) >= 11 is 1.71. The lowest BCUT2D eigenvalue weighted by molar-refractivity contribution is 0.293. The van der Waals surface area contributed by atoms with Gasteiger partial charge >= 0.3 is 0 Å². The minimum absolute atomic E-state index is 0.0615. The van der Waals surface area contributed by atoms with E-state index in [1.54, 1.807) is 11.3 Å². The summed E-state index contributed by atoms with van der Waals surface area (Å²) in [6, 6.07) is 10.4. The zero-order chi connectivity index (χ0) is 21.0. The molecule has 0 aliphatic heterocycles. The molecule has 0 radical (unpaired) electrons. The van der Waals surface area contributed by atoms with Crippen LogP contribution in [0.4, 0.5) is 0 Å². The molecule has 1 aromatic carbocycles. The molecule has 0 bridgehead atoms. The van der Waals surface area contributed by atoms with Crippen molar-refractivity contribution < 1.29 is 4.74 Å². The highest BCUT2D eigenvalue weighted by atomic mass is 32.1. The van der Waals surface area contributed by atoms with Crippen molar-refractivity contribution in [3.05, 3.63) is 53.2 Å². The van der Waals surface area contributed by atoms with E-state index in [1.165, 1.54) is 11.1 Å². The van der Waals surface area contributed by atoms with Crippen molar-refractivity contribution in [1.82, 2.24) is 10.2 Å². The molecule has 0 spiro atoms. The molecular formula is C25H34N2OS. The number of likely N-dealkylation sites (N-methyl/N-ethyl adjacent to an activating group) is 1. The van der Waals surface area contributed by atoms with E-state index in [9.17, 15) is 0 Å². The van der Waals surface area contributed by atoms with Crippen molar-refractivity contribution in [2.24, 2.45) is 5.41 Å². The number of nitrogens with one attached hydrogen (secondary N) is 1. The predicted octanol–water partition coefficient (Wildman–Crippen LogP) is 5.31. The van der Waals surface area contributed by atoms with E-state index in [0.29, 0.717) is 6.61 Å². The van der Waals surface area contributed by atoms with Gasteiger partial charge in [0.25, 0.3) is 0 Å². The van der Waals surface area contributed by atoms with Crippen molar-refractivity contribution in [2.75, 3.05) is 39.3 Å². The summed E-state index contributed by atoms with van der Waals surface area (Å²) in [7, 11) is 0. The van der Waals surface area contributed by atoms with Crippen LogP contribution in [0.15, 0.2) is 53.2 Å². The monoisotopic (exact) mass is 410 g/mol. The van der Waals surface area contributed by atoms with Gasteiger partial charge < -0.3 is 10.1 Å². The molecule has 0 saturated carbocycles. The second kappa shape index (κ2) is 12.5. The first-order chi connectivity index (χ1) is 14.0. The van der Waals surface area contributed by atoms with Gasteiger partial charge in [0.1, 0.15) is 12.4 Å². The Balaban J connectivity index is 1.62. The zero-order valence-corrected chi connectivity index (χ0v) is 19.0. The number of allylic oxidation sites excluding steroid dienone is 1. The fourth-order valence-corrected chi connectivity index (χ4v) is 3.36. The van der Waals surface area contributed by atoms with Crippen molar-refractivity contribution in [1.29, 1.82) is 0 Å². The van der Waals surface area contributed by atoms with Crippen molar-refractivity contribution in [2.45, 2.75) is 27.7 Å². The van der Waals surface area contributed by atoms with Crippen LogP contribution in [-0.4, -0.2) is 44.2 Å². The summed E-state index contributed by atoms with van der Waals surface area (Å²) in [6.45, 7) is 14.0. The molecule has 0 saturated heterocycles. The summed E-state index contributed by atoms with van der Waals surface area (Å²) in [6.07, 6.45) is 4.12. The zero-order valence-electron chi connectivity index (χ0n) is 18.2. The van der Waals surface area contributed by atoms with Crippen LogP contribution < -0.4 is 10.1 Å². The quantitative estimate of drug-likeness (QED) is 0.401. The highest BCUT2D eigenvalue weighted by molar-refractivity contribution is 7.08. The van der Waals surface area contributed by atoms with E-state index < -0.39 is 0 Å². The van der Waals surface area contributed by atoms with Gasteiger partial charge in [0.15, 0.2) is 0 Å². The van der Waals surface area contributed by atoms with Gasteiger partial charge in [-0.25, -0.2) is 0 Å². The lowest BCUT2D eigenvalue weighted by Crippen LogP contribution is -2.33. The van der Waals surface area contributed by atoms with Crippen LogP contribution in [0.25, 0.3) is 11.1 Å². The van der Waals surface area contributed by atoms with E-state index in [0.717, 1.165) is 38.5 Å². The van der Waals surface area contributed by atoms with E-state index >= 15 is 0 Å². The van der Waals surface area contributed by atoms with Gasteiger partial charge in [-0.3, -0.25) is 4.90 Å². The summed E-state index contributed by atoms with van der Waals surface area (Å²) in [5, 5.41) is 7.72. The van der Waals surface area contributed by atoms with Crippen LogP contribution in [0.3, 0.4) is 0 Å². The van der Waals surface area contributed by atoms with Crippen molar-refractivity contribution in [3.8, 4) is 28.7 Å². The molecule has 1 N–H and O–H groups in total. The Morgan fingerprint density at radius 1 is 1.17 bits per heavy atom. The first kappa shape index (κ1) is 23.2. The molecule has 3 nitrogen and oxygen atoms in total. The van der Waals surface area contributed by atoms with E-state index in [4.69, 9.17) is 4.74 Å². The molecule has 2 rings (SSSR count). The Hall–Kier alpha value is -2.06. The highest BCUT2D eigenvalue weighted by Crippen LogP contribution is 2.25. The Bertz CT molecular complexity index is 794. The van der Waals surface area contributed by atoms with Crippen LogP contribution in [-0.2, 0) is 0 Å². The average molecular weight is 411 g/mol. The Labute approximate surface area is 180 Å². The summed E-state index contributed by atoms with van der Waals surface area (Å²) in [4.78, 5) is 2.40. The minimum atomic E-state index is 0.0615. The smallest absolute Gasteiger partial charge is 0.119 e. The largest absolute Gasteiger partial charge is 0.492 e. The summed E-state index contributed by atoms with van der Waals surface area (Å²) < 4.78 is 5.90. The number of rotatable bonds is 11. The van der Waals surface area contributed by atoms with Crippen LogP contribution >= 0.6 is 11.3 Å². The second-order valence-corrected chi connectivity index (χ2v) is 8.73. The van der Waals surface area contributed by atoms with Crippen LogP contribution in [0, 0.1) is 17.3 Å². The molecule has 0 fully saturated rings. The van der Waals surface area contributed by atoms with Gasteiger partial charge in [-0.05, 0) is 73.5 Å². The second-order valence-electron chi connectivity index (χ2n) is 7.95. The van der Waals surface area contributed by atoms with E-state index in [-0.39, 0.29) is 5.41 Å². The molecule has 1 heterocycles. The van der Waals surface area contributed by atoms with Gasteiger partial charge in [-0.1, -0.05) is 37.0 Å².